The van der Waals surface area contributed by atoms with E-state index in [0.717, 1.165) is 23.3 Å². The number of methoxy groups -OCH3 is 1. The molecule has 1 amide bonds. The number of piperidine rings is 1. The van der Waals surface area contributed by atoms with Crippen LogP contribution in [0.3, 0.4) is 0 Å². The van der Waals surface area contributed by atoms with Crippen LogP contribution in [0.15, 0.2) is 54.6 Å². The van der Waals surface area contributed by atoms with E-state index in [1.54, 1.807) is 7.11 Å². The molecule has 0 spiro atoms. The van der Waals surface area contributed by atoms with Gasteiger partial charge in [-0.25, -0.2) is 0 Å². The van der Waals surface area contributed by atoms with E-state index in [1.165, 1.54) is 0 Å². The van der Waals surface area contributed by atoms with Gasteiger partial charge in [0.15, 0.2) is 0 Å². The third kappa shape index (κ3) is 3.44. The summed E-state index contributed by atoms with van der Waals surface area (Å²) in [5.74, 6) is 0.986. The molecule has 0 saturated carbocycles. The van der Waals surface area contributed by atoms with Crippen LogP contribution in [0, 0.1) is 5.92 Å². The third-order valence-corrected chi connectivity index (χ3v) is 4.72. The van der Waals surface area contributed by atoms with Gasteiger partial charge in [0.25, 0.3) is 0 Å². The van der Waals surface area contributed by atoms with Crippen molar-refractivity contribution in [1.82, 2.24) is 4.90 Å². The van der Waals surface area contributed by atoms with Crippen molar-refractivity contribution in [2.75, 3.05) is 13.7 Å². The molecule has 1 saturated heterocycles. The molecule has 126 valence electrons. The lowest BCUT2D eigenvalue weighted by Gasteiger charge is -2.41. The SMILES string of the molecule is COc1ccc([C@H]2[C@H](CO)CCC(=O)N2Cc2ccccc2)cc1. The second-order valence-corrected chi connectivity index (χ2v) is 6.21. The summed E-state index contributed by atoms with van der Waals surface area (Å²) in [6.07, 6.45) is 1.21. The maximum absolute atomic E-state index is 12.6. The fourth-order valence-electron chi connectivity index (χ4n) is 3.43. The molecule has 1 aliphatic rings. The Bertz CT molecular complexity index is 669. The van der Waals surface area contributed by atoms with Crippen LogP contribution in [0.5, 0.6) is 5.75 Å². The monoisotopic (exact) mass is 325 g/mol. The summed E-state index contributed by atoms with van der Waals surface area (Å²) in [4.78, 5) is 14.5. The van der Waals surface area contributed by atoms with Gasteiger partial charge in [0, 0.05) is 25.5 Å². The Hall–Kier alpha value is -2.33. The van der Waals surface area contributed by atoms with E-state index in [1.807, 2.05) is 59.5 Å². The Balaban J connectivity index is 1.92. The highest BCUT2D eigenvalue weighted by Crippen LogP contribution is 2.38. The van der Waals surface area contributed by atoms with Crippen molar-refractivity contribution in [3.63, 3.8) is 0 Å². The lowest BCUT2D eigenvalue weighted by Crippen LogP contribution is -2.43. The van der Waals surface area contributed by atoms with E-state index < -0.39 is 0 Å². The standard InChI is InChI=1S/C20H23NO3/c1-24-18-10-7-16(8-11-18)20-17(14-22)9-12-19(23)21(20)13-15-5-3-2-4-6-15/h2-8,10-11,17,20,22H,9,12-14H2,1H3/t17-,20-/m0/s1. The van der Waals surface area contributed by atoms with Crippen LogP contribution in [0.4, 0.5) is 0 Å². The van der Waals surface area contributed by atoms with Gasteiger partial charge in [0.05, 0.1) is 13.2 Å². The minimum absolute atomic E-state index is 0.0554. The van der Waals surface area contributed by atoms with Crippen molar-refractivity contribution in [1.29, 1.82) is 0 Å². The van der Waals surface area contributed by atoms with Gasteiger partial charge in [-0.05, 0) is 29.7 Å². The summed E-state index contributed by atoms with van der Waals surface area (Å²) in [6, 6.07) is 17.7. The van der Waals surface area contributed by atoms with Crippen LogP contribution in [-0.2, 0) is 11.3 Å². The number of aliphatic hydroxyl groups excluding tert-OH is 1. The molecule has 24 heavy (non-hydrogen) atoms. The summed E-state index contributed by atoms with van der Waals surface area (Å²) in [6.45, 7) is 0.641. The average molecular weight is 325 g/mol. The van der Waals surface area contributed by atoms with E-state index in [4.69, 9.17) is 4.74 Å². The third-order valence-electron chi connectivity index (χ3n) is 4.72. The lowest BCUT2D eigenvalue weighted by atomic mass is 9.84. The number of likely N-dealkylation sites (tertiary alicyclic amines) is 1. The molecule has 0 unspecified atom stereocenters. The fraction of sp³-hybridized carbons (Fsp3) is 0.350. The Kier molecular flexibility index (Phi) is 5.16. The van der Waals surface area contributed by atoms with E-state index in [0.29, 0.717) is 13.0 Å². The van der Waals surface area contributed by atoms with Gasteiger partial charge in [0.1, 0.15) is 5.75 Å². The van der Waals surface area contributed by atoms with Crippen molar-refractivity contribution in [3.05, 3.63) is 65.7 Å². The molecule has 3 rings (SSSR count). The summed E-state index contributed by atoms with van der Waals surface area (Å²) < 4.78 is 5.22. The first kappa shape index (κ1) is 16.5. The van der Waals surface area contributed by atoms with Crippen LogP contribution in [0.25, 0.3) is 0 Å². The smallest absolute Gasteiger partial charge is 0.223 e. The lowest BCUT2D eigenvalue weighted by molar-refractivity contribution is -0.140. The van der Waals surface area contributed by atoms with Crippen molar-refractivity contribution >= 4 is 5.91 Å². The molecule has 1 N–H and O–H groups in total. The quantitative estimate of drug-likeness (QED) is 0.918. The van der Waals surface area contributed by atoms with E-state index in [-0.39, 0.29) is 24.5 Å². The van der Waals surface area contributed by atoms with Gasteiger partial charge >= 0.3 is 0 Å². The Morgan fingerprint density at radius 2 is 1.83 bits per heavy atom. The molecule has 0 aliphatic carbocycles. The predicted molar refractivity (Wildman–Crippen MR) is 92.5 cm³/mol. The Morgan fingerprint density at radius 1 is 1.12 bits per heavy atom. The highest BCUT2D eigenvalue weighted by molar-refractivity contribution is 5.77. The maximum atomic E-state index is 12.6. The maximum Gasteiger partial charge on any atom is 0.223 e. The minimum Gasteiger partial charge on any atom is -0.497 e. The normalized spacial score (nSPS) is 20.9. The summed E-state index contributed by atoms with van der Waals surface area (Å²) in [5, 5.41) is 9.83. The predicted octanol–water partition coefficient (Wildman–Crippen LogP) is 3.17. The topological polar surface area (TPSA) is 49.8 Å². The molecule has 2 atom stereocenters. The van der Waals surface area contributed by atoms with E-state index in [9.17, 15) is 9.90 Å². The second-order valence-electron chi connectivity index (χ2n) is 6.21. The van der Waals surface area contributed by atoms with Gasteiger partial charge in [-0.15, -0.1) is 0 Å². The van der Waals surface area contributed by atoms with Crippen molar-refractivity contribution in [2.24, 2.45) is 5.92 Å². The molecule has 2 aromatic rings. The molecular formula is C20H23NO3. The number of carbonyl (C=O) groups is 1. The van der Waals surface area contributed by atoms with Crippen LogP contribution in [0.1, 0.15) is 30.0 Å². The molecule has 2 aromatic carbocycles. The molecule has 1 heterocycles. The highest BCUT2D eigenvalue weighted by atomic mass is 16.5. The molecule has 4 nitrogen and oxygen atoms in total. The number of nitrogens with zero attached hydrogens (tertiary/aromatic N) is 1. The number of rotatable bonds is 5. The van der Waals surface area contributed by atoms with E-state index >= 15 is 0 Å². The molecule has 0 bridgehead atoms. The molecule has 4 heteroatoms. The molecule has 1 aliphatic heterocycles. The zero-order valence-corrected chi connectivity index (χ0v) is 13.9. The molecule has 0 radical (unpaired) electrons. The van der Waals surface area contributed by atoms with Crippen LogP contribution in [0.2, 0.25) is 0 Å². The Morgan fingerprint density at radius 3 is 2.46 bits per heavy atom. The van der Waals surface area contributed by atoms with Gasteiger partial charge < -0.3 is 14.7 Å². The number of amides is 1. The van der Waals surface area contributed by atoms with E-state index in [2.05, 4.69) is 0 Å². The number of hydrogen-bond donors (Lipinski definition) is 1. The van der Waals surface area contributed by atoms with Crippen LogP contribution < -0.4 is 4.74 Å². The zero-order valence-electron chi connectivity index (χ0n) is 13.9. The van der Waals surface area contributed by atoms with Crippen molar-refractivity contribution < 1.29 is 14.6 Å². The summed E-state index contributed by atoms with van der Waals surface area (Å²) >= 11 is 0. The van der Waals surface area contributed by atoms with Crippen molar-refractivity contribution in [3.8, 4) is 5.75 Å². The molecule has 0 aromatic heterocycles. The first-order chi connectivity index (χ1) is 11.7. The second kappa shape index (κ2) is 7.49. The summed E-state index contributed by atoms with van der Waals surface area (Å²) in [7, 11) is 1.64. The van der Waals surface area contributed by atoms with Crippen LogP contribution in [-0.4, -0.2) is 29.6 Å². The highest BCUT2D eigenvalue weighted by Gasteiger charge is 2.36. The van der Waals surface area contributed by atoms with Gasteiger partial charge in [0.2, 0.25) is 5.91 Å². The number of hydrogen-bond acceptors (Lipinski definition) is 3. The van der Waals surface area contributed by atoms with Crippen molar-refractivity contribution in [2.45, 2.75) is 25.4 Å². The number of benzene rings is 2. The molecular weight excluding hydrogens is 302 g/mol. The van der Waals surface area contributed by atoms with Crippen LogP contribution >= 0.6 is 0 Å². The van der Waals surface area contributed by atoms with Gasteiger partial charge in [-0.1, -0.05) is 42.5 Å². The first-order valence-electron chi connectivity index (χ1n) is 8.31. The zero-order chi connectivity index (χ0) is 16.9. The summed E-state index contributed by atoms with van der Waals surface area (Å²) in [5.41, 5.74) is 2.14. The number of ether oxygens (including phenoxy) is 1. The largest absolute Gasteiger partial charge is 0.497 e. The minimum atomic E-state index is -0.109. The fourth-order valence-corrected chi connectivity index (χ4v) is 3.43. The average Bonchev–Trinajstić information content (AvgIpc) is 2.64. The molecule has 1 fully saturated rings. The van der Waals surface area contributed by atoms with Gasteiger partial charge in [-0.3, -0.25) is 4.79 Å². The number of carbonyl (C=O) groups excluding carboxylic acids is 1. The van der Waals surface area contributed by atoms with Gasteiger partial charge in [-0.2, -0.15) is 0 Å². The first-order valence-corrected chi connectivity index (χ1v) is 8.31. The number of aliphatic hydroxyl groups is 1. The Labute approximate surface area is 142 Å².